The molecule has 0 aliphatic heterocycles. The van der Waals surface area contributed by atoms with Gasteiger partial charge in [-0.3, -0.25) is 9.59 Å². The Labute approximate surface area is 110 Å². The summed E-state index contributed by atoms with van der Waals surface area (Å²) in [5, 5.41) is 18.4. The first-order valence-electron chi connectivity index (χ1n) is 5.56. The van der Waals surface area contributed by atoms with Gasteiger partial charge in [0.2, 0.25) is 4.75 Å². The predicted octanol–water partition coefficient (Wildman–Crippen LogP) is 2.71. The number of thioether (sulfide) groups is 1. The van der Waals surface area contributed by atoms with Crippen molar-refractivity contribution >= 4 is 23.7 Å². The maximum atomic E-state index is 11.3. The minimum Gasteiger partial charge on any atom is -0.480 e. The highest BCUT2D eigenvalue weighted by Crippen LogP contribution is 2.37. The van der Waals surface area contributed by atoms with E-state index in [0.717, 1.165) is 22.9 Å². The van der Waals surface area contributed by atoms with Crippen LogP contribution in [0.4, 0.5) is 0 Å². The van der Waals surface area contributed by atoms with E-state index < -0.39 is 16.7 Å². The van der Waals surface area contributed by atoms with Gasteiger partial charge < -0.3 is 10.2 Å². The summed E-state index contributed by atoms with van der Waals surface area (Å²) in [7, 11) is 0. The van der Waals surface area contributed by atoms with Crippen LogP contribution in [0.3, 0.4) is 0 Å². The fourth-order valence-corrected chi connectivity index (χ4v) is 2.96. The van der Waals surface area contributed by atoms with Crippen molar-refractivity contribution in [3.8, 4) is 0 Å². The Morgan fingerprint density at radius 3 is 1.89 bits per heavy atom. The summed E-state index contributed by atoms with van der Waals surface area (Å²) in [6.07, 6.45) is 0.0231. The van der Waals surface area contributed by atoms with Crippen LogP contribution in [-0.4, -0.2) is 26.9 Å². The number of carbonyl (C=O) groups is 2. The molecule has 0 saturated carbocycles. The molecule has 0 aromatic heterocycles. The van der Waals surface area contributed by atoms with Gasteiger partial charge in [-0.15, -0.1) is 0 Å². The molecule has 0 heterocycles. The highest BCUT2D eigenvalue weighted by Gasteiger charge is 2.46. The molecule has 2 N–H and O–H groups in total. The minimum absolute atomic E-state index is 0.0231. The molecule has 1 aromatic rings. The zero-order valence-electron chi connectivity index (χ0n) is 10.6. The first kappa shape index (κ1) is 14.6. The maximum absolute atomic E-state index is 11.3. The van der Waals surface area contributed by atoms with Gasteiger partial charge in [-0.1, -0.05) is 24.8 Å². The number of carboxylic acids is 2. The van der Waals surface area contributed by atoms with Gasteiger partial charge in [0.05, 0.1) is 0 Å². The third-order valence-corrected chi connectivity index (χ3v) is 4.13. The SMILES string of the molecule is CCC(Sc1cc(C)cc(C)c1)(C(=O)O)C(=O)O. The Kier molecular flexibility index (Phi) is 4.40. The first-order valence-corrected chi connectivity index (χ1v) is 6.37. The molecule has 0 unspecified atom stereocenters. The van der Waals surface area contributed by atoms with E-state index >= 15 is 0 Å². The van der Waals surface area contributed by atoms with Crippen molar-refractivity contribution in [1.82, 2.24) is 0 Å². The molecule has 0 aliphatic carbocycles. The number of carboxylic acid groups (broad SMARTS) is 2. The number of aliphatic carboxylic acids is 2. The molecule has 0 saturated heterocycles. The molecule has 0 spiro atoms. The van der Waals surface area contributed by atoms with Crippen molar-refractivity contribution in [2.24, 2.45) is 0 Å². The molecule has 4 nitrogen and oxygen atoms in total. The summed E-state index contributed by atoms with van der Waals surface area (Å²) in [5.74, 6) is -2.64. The topological polar surface area (TPSA) is 74.6 Å². The molecule has 0 amide bonds. The molecule has 18 heavy (non-hydrogen) atoms. The summed E-state index contributed by atoms with van der Waals surface area (Å²) in [6, 6.07) is 5.56. The Morgan fingerprint density at radius 2 is 1.56 bits per heavy atom. The van der Waals surface area contributed by atoms with E-state index in [1.165, 1.54) is 0 Å². The van der Waals surface area contributed by atoms with Crippen LogP contribution in [0.25, 0.3) is 0 Å². The molecular formula is C13H16O4S. The summed E-state index contributed by atoms with van der Waals surface area (Å²) in [4.78, 5) is 23.2. The number of hydrogen-bond acceptors (Lipinski definition) is 3. The summed E-state index contributed by atoms with van der Waals surface area (Å²) in [6.45, 7) is 5.36. The lowest BCUT2D eigenvalue weighted by molar-refractivity contribution is -0.151. The lowest BCUT2D eigenvalue weighted by atomic mass is 10.1. The zero-order chi connectivity index (χ0) is 13.9. The molecule has 1 rings (SSSR count). The normalized spacial score (nSPS) is 11.3. The minimum atomic E-state index is -1.82. The average Bonchev–Trinajstić information content (AvgIpc) is 2.23. The van der Waals surface area contributed by atoms with Gasteiger partial charge in [-0.05, 0) is 43.5 Å². The van der Waals surface area contributed by atoms with Crippen molar-refractivity contribution in [3.05, 3.63) is 29.3 Å². The van der Waals surface area contributed by atoms with Crippen LogP contribution in [0.1, 0.15) is 24.5 Å². The van der Waals surface area contributed by atoms with Crippen molar-refractivity contribution in [1.29, 1.82) is 0 Å². The van der Waals surface area contributed by atoms with Gasteiger partial charge in [0.25, 0.3) is 0 Å². The van der Waals surface area contributed by atoms with Crippen LogP contribution in [0.5, 0.6) is 0 Å². The largest absolute Gasteiger partial charge is 0.480 e. The Balaban J connectivity index is 3.18. The zero-order valence-corrected chi connectivity index (χ0v) is 11.4. The quantitative estimate of drug-likeness (QED) is 0.634. The average molecular weight is 268 g/mol. The van der Waals surface area contributed by atoms with E-state index in [1.54, 1.807) is 19.1 Å². The summed E-state index contributed by atoms with van der Waals surface area (Å²) < 4.78 is -1.82. The Morgan fingerprint density at radius 1 is 1.11 bits per heavy atom. The molecule has 0 fully saturated rings. The summed E-state index contributed by atoms with van der Waals surface area (Å²) in [5.41, 5.74) is 1.97. The fraction of sp³-hybridized carbons (Fsp3) is 0.385. The number of aryl methyl sites for hydroxylation is 2. The number of rotatable bonds is 5. The number of hydrogen-bond donors (Lipinski definition) is 2. The van der Waals surface area contributed by atoms with Crippen LogP contribution >= 0.6 is 11.8 Å². The lowest BCUT2D eigenvalue weighted by Gasteiger charge is -2.22. The molecule has 0 bridgehead atoms. The third-order valence-electron chi connectivity index (χ3n) is 2.68. The number of benzene rings is 1. The van der Waals surface area contributed by atoms with Gasteiger partial charge >= 0.3 is 11.9 Å². The van der Waals surface area contributed by atoms with Gasteiger partial charge in [0.15, 0.2) is 0 Å². The lowest BCUT2D eigenvalue weighted by Crippen LogP contribution is -2.42. The van der Waals surface area contributed by atoms with Crippen LogP contribution in [0.2, 0.25) is 0 Å². The van der Waals surface area contributed by atoms with Crippen LogP contribution in [-0.2, 0) is 9.59 Å². The monoisotopic (exact) mass is 268 g/mol. The fourth-order valence-electron chi connectivity index (χ4n) is 1.75. The Hall–Kier alpha value is -1.49. The van der Waals surface area contributed by atoms with Crippen LogP contribution in [0, 0.1) is 13.8 Å². The second kappa shape index (κ2) is 5.44. The first-order chi connectivity index (χ1) is 8.31. The smallest absolute Gasteiger partial charge is 0.331 e. The molecule has 98 valence electrons. The van der Waals surface area contributed by atoms with Gasteiger partial charge in [0.1, 0.15) is 0 Å². The van der Waals surface area contributed by atoms with E-state index in [2.05, 4.69) is 0 Å². The van der Waals surface area contributed by atoms with Crippen molar-refractivity contribution < 1.29 is 19.8 Å². The van der Waals surface area contributed by atoms with E-state index in [1.807, 2.05) is 19.9 Å². The van der Waals surface area contributed by atoms with Gasteiger partial charge in [-0.25, -0.2) is 0 Å². The molecular weight excluding hydrogens is 252 g/mol. The Bertz CT molecular complexity index is 448. The van der Waals surface area contributed by atoms with E-state index in [0.29, 0.717) is 4.90 Å². The standard InChI is InChI=1S/C13H16O4S/c1-4-13(11(14)15,12(16)17)18-10-6-8(2)5-9(3)7-10/h5-7H,4H2,1-3H3,(H,14,15)(H,16,17). The van der Waals surface area contributed by atoms with E-state index in [4.69, 9.17) is 0 Å². The van der Waals surface area contributed by atoms with Crippen LogP contribution in [0.15, 0.2) is 23.1 Å². The third kappa shape index (κ3) is 2.85. The van der Waals surface area contributed by atoms with E-state index in [-0.39, 0.29) is 6.42 Å². The second-order valence-corrected chi connectivity index (χ2v) is 5.59. The predicted molar refractivity (Wildman–Crippen MR) is 70.1 cm³/mol. The maximum Gasteiger partial charge on any atom is 0.331 e. The van der Waals surface area contributed by atoms with Crippen molar-refractivity contribution in [2.45, 2.75) is 36.8 Å². The second-order valence-electron chi connectivity index (χ2n) is 4.22. The molecule has 0 atom stereocenters. The van der Waals surface area contributed by atoms with Crippen LogP contribution < -0.4 is 0 Å². The molecule has 0 radical (unpaired) electrons. The van der Waals surface area contributed by atoms with Crippen molar-refractivity contribution in [2.75, 3.05) is 0 Å². The molecule has 5 heteroatoms. The highest BCUT2D eigenvalue weighted by atomic mass is 32.2. The highest BCUT2D eigenvalue weighted by molar-refractivity contribution is 8.02. The van der Waals surface area contributed by atoms with Crippen molar-refractivity contribution in [3.63, 3.8) is 0 Å². The molecule has 0 aliphatic rings. The van der Waals surface area contributed by atoms with Gasteiger partial charge in [-0.2, -0.15) is 0 Å². The van der Waals surface area contributed by atoms with E-state index in [9.17, 15) is 19.8 Å². The van der Waals surface area contributed by atoms with Gasteiger partial charge in [0, 0.05) is 4.90 Å². The summed E-state index contributed by atoms with van der Waals surface area (Å²) >= 11 is 0.882. The molecule has 1 aromatic carbocycles.